The van der Waals surface area contributed by atoms with E-state index in [9.17, 15) is 0 Å². The van der Waals surface area contributed by atoms with Gasteiger partial charge in [0.05, 0.1) is 5.41 Å². The quantitative estimate of drug-likeness (QED) is 0.610. The smallest absolute Gasteiger partial charge is 0.0907 e. The molecule has 15 heavy (non-hydrogen) atoms. The molecule has 4 rings (SSSR count). The molecule has 0 atom stereocenters. The van der Waals surface area contributed by atoms with Gasteiger partial charge in [-0.3, -0.25) is 0 Å². The topological polar surface area (TPSA) is 9.86 Å². The van der Waals surface area contributed by atoms with Gasteiger partial charge < -0.3 is 9.13 Å². The summed E-state index contributed by atoms with van der Waals surface area (Å²) in [6, 6.07) is 8.57. The molecule has 2 aromatic rings. The first-order chi connectivity index (χ1) is 7.40. The Morgan fingerprint density at radius 1 is 0.800 bits per heavy atom. The summed E-state index contributed by atoms with van der Waals surface area (Å²) in [4.78, 5) is 0. The number of allylic oxidation sites excluding steroid dienone is 2. The Labute approximate surface area is 87.8 Å². The van der Waals surface area contributed by atoms with Crippen LogP contribution in [0.4, 0.5) is 0 Å². The molecule has 2 nitrogen and oxygen atoms in total. The van der Waals surface area contributed by atoms with Crippen LogP contribution >= 0.6 is 0 Å². The van der Waals surface area contributed by atoms with Crippen LogP contribution in [0.2, 0.25) is 0 Å². The number of hydrogen-bond donors (Lipinski definition) is 0. The van der Waals surface area contributed by atoms with Crippen molar-refractivity contribution in [2.24, 2.45) is 0 Å². The molecule has 1 spiro atoms. The molecule has 2 aliphatic rings. The Balaban J connectivity index is 2.08. The van der Waals surface area contributed by atoms with E-state index in [1.807, 2.05) is 0 Å². The van der Waals surface area contributed by atoms with Crippen molar-refractivity contribution in [2.45, 2.75) is 5.41 Å². The first-order valence-electron chi connectivity index (χ1n) is 5.13. The van der Waals surface area contributed by atoms with Gasteiger partial charge in [0.1, 0.15) is 0 Å². The molecule has 0 bridgehead atoms. The minimum Gasteiger partial charge on any atom is -0.326 e. The molecule has 0 N–H and O–H groups in total. The third-order valence-corrected chi connectivity index (χ3v) is 3.40. The van der Waals surface area contributed by atoms with Gasteiger partial charge in [-0.2, -0.15) is 0 Å². The van der Waals surface area contributed by atoms with Gasteiger partial charge in [-0.15, -0.1) is 0 Å². The zero-order valence-electron chi connectivity index (χ0n) is 8.17. The highest BCUT2D eigenvalue weighted by atomic mass is 15.0. The standard InChI is InChI=1S/C13H10N2/c1-3-11-13(5-9-14(11)7-1)6-10-15-8-2-4-12(13)15/h1-10H. The largest absolute Gasteiger partial charge is 0.326 e. The van der Waals surface area contributed by atoms with E-state index in [1.54, 1.807) is 0 Å². The van der Waals surface area contributed by atoms with Crippen LogP contribution in [0.25, 0.3) is 12.4 Å². The average molecular weight is 194 g/mol. The highest BCUT2D eigenvalue weighted by molar-refractivity contribution is 5.63. The maximum absolute atomic E-state index is 2.26. The molecule has 0 aromatic carbocycles. The van der Waals surface area contributed by atoms with Crippen molar-refractivity contribution in [3.05, 3.63) is 60.2 Å². The van der Waals surface area contributed by atoms with Crippen LogP contribution in [-0.2, 0) is 5.41 Å². The summed E-state index contributed by atoms with van der Waals surface area (Å²) in [5, 5.41) is 0. The second-order valence-electron chi connectivity index (χ2n) is 4.10. The van der Waals surface area contributed by atoms with E-state index in [4.69, 9.17) is 0 Å². The molecular weight excluding hydrogens is 184 g/mol. The number of aromatic nitrogens is 2. The van der Waals surface area contributed by atoms with Gasteiger partial charge in [-0.25, -0.2) is 0 Å². The van der Waals surface area contributed by atoms with Gasteiger partial charge in [0, 0.05) is 36.2 Å². The molecular formula is C13H10N2. The highest BCUT2D eigenvalue weighted by Gasteiger charge is 2.39. The third-order valence-electron chi connectivity index (χ3n) is 3.40. The Morgan fingerprint density at radius 3 is 1.87 bits per heavy atom. The van der Waals surface area contributed by atoms with Crippen molar-refractivity contribution >= 4 is 12.4 Å². The van der Waals surface area contributed by atoms with Crippen LogP contribution in [0.1, 0.15) is 11.4 Å². The normalized spacial score (nSPS) is 18.7. The van der Waals surface area contributed by atoms with E-state index >= 15 is 0 Å². The van der Waals surface area contributed by atoms with Gasteiger partial charge >= 0.3 is 0 Å². The van der Waals surface area contributed by atoms with Crippen molar-refractivity contribution in [2.75, 3.05) is 0 Å². The zero-order chi connectivity index (χ0) is 9.88. The fourth-order valence-electron chi connectivity index (χ4n) is 2.67. The van der Waals surface area contributed by atoms with Crippen molar-refractivity contribution in [3.8, 4) is 0 Å². The molecule has 2 heteroatoms. The van der Waals surface area contributed by atoms with Crippen molar-refractivity contribution < 1.29 is 0 Å². The first-order valence-corrected chi connectivity index (χ1v) is 5.13. The Hall–Kier alpha value is -1.96. The highest BCUT2D eigenvalue weighted by Crippen LogP contribution is 2.43. The van der Waals surface area contributed by atoms with Crippen LogP contribution in [0, 0.1) is 0 Å². The average Bonchev–Trinajstić information content (AvgIpc) is 2.95. The van der Waals surface area contributed by atoms with E-state index in [0.29, 0.717) is 0 Å². The van der Waals surface area contributed by atoms with E-state index < -0.39 is 0 Å². The van der Waals surface area contributed by atoms with Crippen molar-refractivity contribution in [1.29, 1.82) is 0 Å². The summed E-state index contributed by atoms with van der Waals surface area (Å²) in [7, 11) is 0. The molecule has 0 aliphatic carbocycles. The van der Waals surface area contributed by atoms with Gasteiger partial charge in [0.25, 0.3) is 0 Å². The van der Waals surface area contributed by atoms with E-state index in [2.05, 4.69) is 70.3 Å². The Morgan fingerprint density at radius 2 is 1.33 bits per heavy atom. The zero-order valence-corrected chi connectivity index (χ0v) is 8.17. The minimum atomic E-state index is -0.0208. The Kier molecular flexibility index (Phi) is 1.06. The molecule has 0 saturated carbocycles. The molecule has 0 fully saturated rings. The summed E-state index contributed by atoms with van der Waals surface area (Å²) in [6.07, 6.45) is 13.0. The van der Waals surface area contributed by atoms with Gasteiger partial charge in [-0.05, 0) is 36.4 Å². The van der Waals surface area contributed by atoms with Crippen LogP contribution in [-0.4, -0.2) is 9.13 Å². The van der Waals surface area contributed by atoms with Gasteiger partial charge in [0.2, 0.25) is 0 Å². The predicted octanol–water partition coefficient (Wildman–Crippen LogP) is 2.54. The van der Waals surface area contributed by atoms with E-state index in [-0.39, 0.29) is 5.41 Å². The third kappa shape index (κ3) is 0.687. The summed E-state index contributed by atoms with van der Waals surface area (Å²) in [5.41, 5.74) is 2.64. The number of nitrogens with zero attached hydrogens (tertiary/aromatic N) is 2. The Bertz CT molecular complexity index is 541. The number of rotatable bonds is 0. The maximum Gasteiger partial charge on any atom is 0.0907 e. The summed E-state index contributed by atoms with van der Waals surface area (Å²) < 4.78 is 4.38. The van der Waals surface area contributed by atoms with E-state index in [0.717, 1.165) is 0 Å². The maximum atomic E-state index is 2.26. The van der Waals surface area contributed by atoms with Crippen LogP contribution in [0.3, 0.4) is 0 Å². The first kappa shape index (κ1) is 7.35. The summed E-state index contributed by atoms with van der Waals surface area (Å²) in [6.45, 7) is 0. The molecule has 0 unspecified atom stereocenters. The second kappa shape index (κ2) is 2.16. The lowest BCUT2D eigenvalue weighted by Gasteiger charge is -2.19. The molecule has 4 heterocycles. The lowest BCUT2D eigenvalue weighted by atomic mass is 9.84. The molecule has 0 saturated heterocycles. The fraction of sp³-hybridized carbons (Fsp3) is 0.0769. The number of fused-ring (bicyclic) bond motifs is 4. The number of hydrogen-bond acceptors (Lipinski definition) is 0. The molecule has 0 radical (unpaired) electrons. The predicted molar refractivity (Wildman–Crippen MR) is 60.3 cm³/mol. The second-order valence-corrected chi connectivity index (χ2v) is 4.10. The minimum absolute atomic E-state index is 0.0208. The SMILES string of the molecule is C1=CC2(C=Cn3cccc32)c2cccn21. The lowest BCUT2D eigenvalue weighted by Crippen LogP contribution is -2.19. The molecule has 2 aliphatic heterocycles. The van der Waals surface area contributed by atoms with Gasteiger partial charge in [-0.1, -0.05) is 0 Å². The monoisotopic (exact) mass is 194 g/mol. The van der Waals surface area contributed by atoms with E-state index in [1.165, 1.54) is 11.4 Å². The lowest BCUT2D eigenvalue weighted by molar-refractivity contribution is 0.780. The van der Waals surface area contributed by atoms with Crippen molar-refractivity contribution in [1.82, 2.24) is 9.13 Å². The summed E-state index contributed by atoms with van der Waals surface area (Å²) in [5.74, 6) is 0. The van der Waals surface area contributed by atoms with Crippen molar-refractivity contribution in [3.63, 3.8) is 0 Å². The van der Waals surface area contributed by atoms with Crippen LogP contribution in [0.15, 0.2) is 48.8 Å². The van der Waals surface area contributed by atoms with Gasteiger partial charge in [0.15, 0.2) is 0 Å². The summed E-state index contributed by atoms with van der Waals surface area (Å²) >= 11 is 0. The van der Waals surface area contributed by atoms with Crippen LogP contribution in [0.5, 0.6) is 0 Å². The molecule has 72 valence electrons. The fourth-order valence-corrected chi connectivity index (χ4v) is 2.67. The molecule has 0 amide bonds. The van der Waals surface area contributed by atoms with Crippen LogP contribution < -0.4 is 0 Å². The molecule has 2 aromatic heterocycles.